The van der Waals surface area contributed by atoms with Crippen molar-refractivity contribution in [2.45, 2.75) is 97.4 Å². The van der Waals surface area contributed by atoms with E-state index < -0.39 is 0 Å². The highest BCUT2D eigenvalue weighted by molar-refractivity contribution is 5.85. The topological polar surface area (TPSA) is 26.0 Å². The van der Waals surface area contributed by atoms with Crippen LogP contribution in [-0.4, -0.2) is 5.54 Å². The van der Waals surface area contributed by atoms with E-state index in [4.69, 9.17) is 5.73 Å². The van der Waals surface area contributed by atoms with Gasteiger partial charge in [-0.05, 0) is 36.0 Å². The van der Waals surface area contributed by atoms with Crippen molar-refractivity contribution in [3.63, 3.8) is 0 Å². The van der Waals surface area contributed by atoms with Crippen molar-refractivity contribution in [1.29, 1.82) is 0 Å². The molecule has 0 aromatic carbocycles. The summed E-state index contributed by atoms with van der Waals surface area (Å²) in [5, 5.41) is 0. The number of hydrogen-bond acceptors (Lipinski definition) is 1. The normalized spacial score (nSPS) is 37.4. The molecule has 0 bridgehead atoms. The van der Waals surface area contributed by atoms with Gasteiger partial charge < -0.3 is 5.73 Å². The smallest absolute Gasteiger partial charge is 0.0213 e. The lowest BCUT2D eigenvalue weighted by molar-refractivity contribution is -0.0444. The quantitative estimate of drug-likeness (QED) is 0.617. The van der Waals surface area contributed by atoms with Crippen LogP contribution in [0.25, 0.3) is 0 Å². The molecule has 1 nitrogen and oxygen atoms in total. The highest BCUT2D eigenvalue weighted by atomic mass is 35.5. The first-order valence-electron chi connectivity index (χ1n) is 8.62. The molecule has 2 unspecified atom stereocenters. The van der Waals surface area contributed by atoms with Crippen LogP contribution in [0.1, 0.15) is 91.9 Å². The first-order chi connectivity index (χ1) is 8.83. The summed E-state index contributed by atoms with van der Waals surface area (Å²) in [7, 11) is 0. The lowest BCUT2D eigenvalue weighted by Crippen LogP contribution is -2.61. The Labute approximate surface area is 132 Å². The molecule has 120 valence electrons. The molecule has 0 amide bonds. The van der Waals surface area contributed by atoms with Crippen molar-refractivity contribution < 1.29 is 0 Å². The van der Waals surface area contributed by atoms with E-state index in [0.29, 0.717) is 10.8 Å². The number of halogens is 1. The predicted molar refractivity (Wildman–Crippen MR) is 91.4 cm³/mol. The van der Waals surface area contributed by atoms with Crippen molar-refractivity contribution in [3.8, 4) is 0 Å². The Morgan fingerprint density at radius 3 is 1.85 bits per heavy atom. The van der Waals surface area contributed by atoms with Gasteiger partial charge >= 0.3 is 0 Å². The van der Waals surface area contributed by atoms with Crippen LogP contribution in [0.2, 0.25) is 0 Å². The molecule has 0 aromatic heterocycles. The van der Waals surface area contributed by atoms with E-state index in [1.54, 1.807) is 0 Å². The third kappa shape index (κ3) is 2.90. The number of rotatable bonds is 1. The van der Waals surface area contributed by atoms with Gasteiger partial charge in [0.25, 0.3) is 0 Å². The summed E-state index contributed by atoms with van der Waals surface area (Å²) >= 11 is 0. The highest BCUT2D eigenvalue weighted by Gasteiger charge is 2.55. The molecule has 20 heavy (non-hydrogen) atoms. The Balaban J connectivity index is 0.00000200. The van der Waals surface area contributed by atoms with Crippen molar-refractivity contribution in [3.05, 3.63) is 0 Å². The molecule has 2 fully saturated rings. The second-order valence-corrected chi connectivity index (χ2v) is 8.27. The van der Waals surface area contributed by atoms with Gasteiger partial charge in [0.05, 0.1) is 0 Å². The van der Waals surface area contributed by atoms with Gasteiger partial charge in [-0.2, -0.15) is 0 Å². The molecule has 2 atom stereocenters. The molecule has 0 aliphatic heterocycles. The molecule has 0 spiro atoms. The van der Waals surface area contributed by atoms with Crippen molar-refractivity contribution in [2.24, 2.45) is 22.5 Å². The van der Waals surface area contributed by atoms with Gasteiger partial charge in [0.1, 0.15) is 0 Å². The zero-order chi connectivity index (χ0) is 14.1. The van der Waals surface area contributed by atoms with E-state index in [1.165, 1.54) is 64.2 Å². The van der Waals surface area contributed by atoms with E-state index >= 15 is 0 Å². The second-order valence-electron chi connectivity index (χ2n) is 8.27. The van der Waals surface area contributed by atoms with E-state index in [-0.39, 0.29) is 17.9 Å². The van der Waals surface area contributed by atoms with Crippen LogP contribution in [0.15, 0.2) is 0 Å². The predicted octanol–water partition coefficient (Wildman–Crippen LogP) is 5.70. The molecule has 0 aromatic rings. The fraction of sp³-hybridized carbons (Fsp3) is 1.00. The first-order valence-corrected chi connectivity index (χ1v) is 8.62. The summed E-state index contributed by atoms with van der Waals surface area (Å²) in [5.74, 6) is 0.795. The van der Waals surface area contributed by atoms with Gasteiger partial charge in [-0.3, -0.25) is 0 Å². The minimum atomic E-state index is 0. The summed E-state index contributed by atoms with van der Waals surface area (Å²) in [5.41, 5.74) is 7.82. The van der Waals surface area contributed by atoms with Crippen molar-refractivity contribution >= 4 is 12.4 Å². The van der Waals surface area contributed by atoms with E-state index in [0.717, 1.165) is 5.92 Å². The van der Waals surface area contributed by atoms with Gasteiger partial charge in [-0.25, -0.2) is 0 Å². The maximum absolute atomic E-state index is 7.08. The Bertz CT molecular complexity index is 305. The van der Waals surface area contributed by atoms with Crippen LogP contribution in [0.5, 0.6) is 0 Å². The Kier molecular flexibility index (Phi) is 6.01. The van der Waals surface area contributed by atoms with Gasteiger partial charge in [0, 0.05) is 5.54 Å². The maximum atomic E-state index is 7.08. The molecule has 2 N–H and O–H groups in total. The Morgan fingerprint density at radius 2 is 1.30 bits per heavy atom. The summed E-state index contributed by atoms with van der Waals surface area (Å²) < 4.78 is 0. The van der Waals surface area contributed by atoms with Crippen LogP contribution in [0.3, 0.4) is 0 Å². The number of hydrogen-bond donors (Lipinski definition) is 1. The van der Waals surface area contributed by atoms with Crippen LogP contribution in [-0.2, 0) is 0 Å². The summed E-state index contributed by atoms with van der Waals surface area (Å²) in [6.45, 7) is 9.99. The molecular weight excluding hydrogens is 266 g/mol. The van der Waals surface area contributed by atoms with Gasteiger partial charge in [-0.1, -0.05) is 72.6 Å². The van der Waals surface area contributed by atoms with Gasteiger partial charge in [0.15, 0.2) is 0 Å². The molecule has 2 rings (SSSR count). The number of nitrogens with two attached hydrogens (primary N) is 1. The minimum Gasteiger partial charge on any atom is -0.325 e. The summed E-state index contributed by atoms with van der Waals surface area (Å²) in [6, 6.07) is 0. The zero-order valence-electron chi connectivity index (χ0n) is 14.1. The minimum absolute atomic E-state index is 0. The largest absolute Gasteiger partial charge is 0.325 e. The van der Waals surface area contributed by atoms with Crippen molar-refractivity contribution in [2.75, 3.05) is 0 Å². The first kappa shape index (κ1) is 18.3. The monoisotopic (exact) mass is 301 g/mol. The van der Waals surface area contributed by atoms with Crippen LogP contribution in [0.4, 0.5) is 0 Å². The molecule has 2 aliphatic rings. The SMILES string of the molecule is CC1CCCCC(C)(C2(N)CCCCCC2)C1(C)C.Cl. The third-order valence-electron chi connectivity index (χ3n) is 7.31. The van der Waals surface area contributed by atoms with E-state index in [2.05, 4.69) is 27.7 Å². The fourth-order valence-electron chi connectivity index (χ4n) is 4.96. The summed E-state index contributed by atoms with van der Waals surface area (Å²) in [4.78, 5) is 0. The van der Waals surface area contributed by atoms with Crippen LogP contribution >= 0.6 is 12.4 Å². The average Bonchev–Trinajstić information content (AvgIpc) is 2.63. The van der Waals surface area contributed by atoms with Gasteiger partial charge in [-0.15, -0.1) is 12.4 Å². The highest BCUT2D eigenvalue weighted by Crippen LogP contribution is 2.59. The lowest BCUT2D eigenvalue weighted by atomic mass is 9.50. The van der Waals surface area contributed by atoms with Crippen LogP contribution < -0.4 is 5.73 Å². The van der Waals surface area contributed by atoms with E-state index in [9.17, 15) is 0 Å². The fourth-order valence-corrected chi connectivity index (χ4v) is 4.96. The standard InChI is InChI=1S/C18H35N.ClH/c1-15-11-7-10-12-17(4,16(15,2)3)18(19)13-8-5-6-9-14-18;/h15H,5-14,19H2,1-4H3;1H. The van der Waals surface area contributed by atoms with Crippen molar-refractivity contribution in [1.82, 2.24) is 0 Å². The average molecular weight is 302 g/mol. The van der Waals surface area contributed by atoms with E-state index in [1.807, 2.05) is 0 Å². The van der Waals surface area contributed by atoms with Gasteiger partial charge in [0.2, 0.25) is 0 Å². The lowest BCUT2D eigenvalue weighted by Gasteiger charge is -2.57. The molecular formula is C18H36ClN. The second kappa shape index (κ2) is 6.57. The molecule has 2 aliphatic carbocycles. The Hall–Kier alpha value is 0.250. The molecule has 0 radical (unpaired) electrons. The Morgan fingerprint density at radius 1 is 0.800 bits per heavy atom. The summed E-state index contributed by atoms with van der Waals surface area (Å²) in [6.07, 6.45) is 13.5. The maximum Gasteiger partial charge on any atom is 0.0213 e. The van der Waals surface area contributed by atoms with Crippen LogP contribution in [0, 0.1) is 16.7 Å². The molecule has 0 heterocycles. The molecule has 0 saturated heterocycles. The third-order valence-corrected chi connectivity index (χ3v) is 7.31. The molecule has 2 heteroatoms. The molecule has 2 saturated carbocycles. The zero-order valence-corrected chi connectivity index (χ0v) is 15.0.